The molecule has 0 fully saturated rings. The Balaban J connectivity index is 2.09. The van der Waals surface area contributed by atoms with E-state index in [1.807, 2.05) is 5.38 Å². The van der Waals surface area contributed by atoms with Crippen LogP contribution in [0.3, 0.4) is 0 Å². The van der Waals surface area contributed by atoms with Crippen molar-refractivity contribution in [2.75, 3.05) is 12.4 Å². The molecular weight excluding hydrogens is 224 g/mol. The summed E-state index contributed by atoms with van der Waals surface area (Å²) in [7, 11) is 1.59. The molecule has 2 rings (SSSR count). The van der Waals surface area contributed by atoms with Crippen LogP contribution in [0.5, 0.6) is 5.75 Å². The fourth-order valence-electron chi connectivity index (χ4n) is 1.20. The number of nitrogens with one attached hydrogen (secondary N) is 1. The number of thiazole rings is 1. The molecule has 0 radical (unpaired) electrons. The van der Waals surface area contributed by atoms with Crippen molar-refractivity contribution in [3.05, 3.63) is 41.4 Å². The van der Waals surface area contributed by atoms with E-state index < -0.39 is 0 Å². The Morgan fingerprint density at radius 3 is 2.69 bits per heavy atom. The van der Waals surface area contributed by atoms with E-state index in [0.29, 0.717) is 10.7 Å². The molecule has 1 aromatic heterocycles. The van der Waals surface area contributed by atoms with Gasteiger partial charge in [-0.1, -0.05) is 0 Å². The van der Waals surface area contributed by atoms with Crippen molar-refractivity contribution in [2.45, 2.75) is 0 Å². The van der Waals surface area contributed by atoms with E-state index in [4.69, 9.17) is 4.74 Å². The molecule has 0 aliphatic carbocycles. The zero-order valence-electron chi connectivity index (χ0n) is 8.64. The largest absolute Gasteiger partial charge is 0.497 e. The van der Waals surface area contributed by atoms with E-state index in [9.17, 15) is 4.79 Å². The highest BCUT2D eigenvalue weighted by Gasteiger charge is 2.06. The minimum atomic E-state index is -0.169. The Hall–Kier alpha value is -1.88. The molecule has 2 aromatic rings. The number of carbonyl (C=O) groups is 1. The van der Waals surface area contributed by atoms with Gasteiger partial charge in [-0.25, -0.2) is 4.98 Å². The zero-order valence-corrected chi connectivity index (χ0v) is 9.45. The normalized spacial score (nSPS) is 9.81. The Labute approximate surface area is 96.9 Å². The van der Waals surface area contributed by atoms with Crippen LogP contribution in [0.1, 0.15) is 10.4 Å². The summed E-state index contributed by atoms with van der Waals surface area (Å²) in [5.41, 5.74) is 0.580. The summed E-state index contributed by atoms with van der Waals surface area (Å²) < 4.78 is 5.01. The third kappa shape index (κ3) is 2.38. The molecule has 0 unspecified atom stereocenters. The quantitative estimate of drug-likeness (QED) is 0.887. The summed E-state index contributed by atoms with van der Waals surface area (Å²) in [5.74, 6) is 0.559. The molecule has 1 N–H and O–H groups in total. The highest BCUT2D eigenvalue weighted by molar-refractivity contribution is 7.13. The molecule has 5 heteroatoms. The number of ether oxygens (including phenoxy) is 1. The number of hydrogen-bond acceptors (Lipinski definition) is 4. The smallest absolute Gasteiger partial charge is 0.257 e. The first-order chi connectivity index (χ1) is 7.79. The van der Waals surface area contributed by atoms with Crippen LogP contribution in [0.4, 0.5) is 5.13 Å². The zero-order chi connectivity index (χ0) is 11.4. The van der Waals surface area contributed by atoms with E-state index in [2.05, 4.69) is 10.3 Å². The molecule has 82 valence electrons. The van der Waals surface area contributed by atoms with Crippen LogP contribution in [0.25, 0.3) is 0 Å². The van der Waals surface area contributed by atoms with Gasteiger partial charge in [0.1, 0.15) is 5.75 Å². The van der Waals surface area contributed by atoms with Crippen LogP contribution in [0.2, 0.25) is 0 Å². The van der Waals surface area contributed by atoms with Gasteiger partial charge in [-0.2, -0.15) is 0 Å². The number of methoxy groups -OCH3 is 1. The molecule has 0 aliphatic rings. The number of benzene rings is 1. The topological polar surface area (TPSA) is 51.2 Å². The number of carbonyl (C=O) groups excluding carboxylic acids is 1. The lowest BCUT2D eigenvalue weighted by molar-refractivity contribution is 0.102. The van der Waals surface area contributed by atoms with Crippen LogP contribution in [0, 0.1) is 0 Å². The molecular formula is C11H10N2O2S. The first kappa shape index (κ1) is 10.6. The molecule has 0 bridgehead atoms. The third-order valence-electron chi connectivity index (χ3n) is 2.00. The van der Waals surface area contributed by atoms with Gasteiger partial charge in [-0.15, -0.1) is 11.3 Å². The molecule has 1 heterocycles. The summed E-state index contributed by atoms with van der Waals surface area (Å²) >= 11 is 1.39. The predicted octanol–water partition coefficient (Wildman–Crippen LogP) is 2.40. The minimum absolute atomic E-state index is 0.169. The van der Waals surface area contributed by atoms with E-state index in [-0.39, 0.29) is 5.91 Å². The summed E-state index contributed by atoms with van der Waals surface area (Å²) in [6, 6.07) is 6.91. The standard InChI is InChI=1S/C11H10N2O2S/c1-15-9-4-2-8(3-5-9)10(14)13-11-12-6-7-16-11/h2-7H,1H3,(H,12,13,14). The second-order valence-corrected chi connectivity index (χ2v) is 3.91. The van der Waals surface area contributed by atoms with Crippen molar-refractivity contribution >= 4 is 22.4 Å². The Morgan fingerprint density at radius 1 is 1.38 bits per heavy atom. The highest BCUT2D eigenvalue weighted by atomic mass is 32.1. The van der Waals surface area contributed by atoms with Gasteiger partial charge in [0.2, 0.25) is 0 Å². The van der Waals surface area contributed by atoms with Gasteiger partial charge in [-0.05, 0) is 24.3 Å². The maximum absolute atomic E-state index is 11.7. The van der Waals surface area contributed by atoms with Crippen LogP contribution < -0.4 is 10.1 Å². The third-order valence-corrected chi connectivity index (χ3v) is 2.69. The van der Waals surface area contributed by atoms with E-state index in [1.165, 1.54) is 11.3 Å². The van der Waals surface area contributed by atoms with Gasteiger partial charge in [0, 0.05) is 17.1 Å². The highest BCUT2D eigenvalue weighted by Crippen LogP contribution is 2.14. The van der Waals surface area contributed by atoms with Crippen molar-refractivity contribution < 1.29 is 9.53 Å². The second kappa shape index (κ2) is 4.76. The fourth-order valence-corrected chi connectivity index (χ4v) is 1.72. The van der Waals surface area contributed by atoms with Crippen LogP contribution in [-0.2, 0) is 0 Å². The Kier molecular flexibility index (Phi) is 3.16. The monoisotopic (exact) mass is 234 g/mol. The summed E-state index contributed by atoms with van der Waals surface area (Å²) in [5, 5.41) is 5.11. The number of hydrogen-bond donors (Lipinski definition) is 1. The van der Waals surface area contributed by atoms with E-state index in [0.717, 1.165) is 5.75 Å². The maximum atomic E-state index is 11.7. The molecule has 0 aliphatic heterocycles. The minimum Gasteiger partial charge on any atom is -0.497 e. The number of anilines is 1. The van der Waals surface area contributed by atoms with E-state index in [1.54, 1.807) is 37.6 Å². The number of rotatable bonds is 3. The van der Waals surface area contributed by atoms with E-state index >= 15 is 0 Å². The average Bonchev–Trinajstić information content (AvgIpc) is 2.82. The predicted molar refractivity (Wildman–Crippen MR) is 63.1 cm³/mol. The molecule has 1 amide bonds. The number of amides is 1. The average molecular weight is 234 g/mol. The lowest BCUT2D eigenvalue weighted by Crippen LogP contribution is -2.11. The molecule has 0 saturated heterocycles. The summed E-state index contributed by atoms with van der Waals surface area (Å²) in [6.45, 7) is 0. The van der Waals surface area contributed by atoms with Crippen molar-refractivity contribution in [3.63, 3.8) is 0 Å². The SMILES string of the molecule is COc1ccc(C(=O)Nc2nccs2)cc1. The Morgan fingerprint density at radius 2 is 2.12 bits per heavy atom. The second-order valence-electron chi connectivity index (χ2n) is 3.02. The van der Waals surface area contributed by atoms with Gasteiger partial charge < -0.3 is 4.74 Å². The van der Waals surface area contributed by atoms with Crippen LogP contribution >= 0.6 is 11.3 Å². The van der Waals surface area contributed by atoms with Crippen LogP contribution in [0.15, 0.2) is 35.8 Å². The molecule has 0 spiro atoms. The summed E-state index contributed by atoms with van der Waals surface area (Å²) in [4.78, 5) is 15.7. The van der Waals surface area contributed by atoms with Crippen molar-refractivity contribution in [3.8, 4) is 5.75 Å². The number of aromatic nitrogens is 1. The molecule has 4 nitrogen and oxygen atoms in total. The number of nitrogens with zero attached hydrogens (tertiary/aromatic N) is 1. The Bertz CT molecular complexity index is 465. The maximum Gasteiger partial charge on any atom is 0.257 e. The van der Waals surface area contributed by atoms with Crippen molar-refractivity contribution in [2.24, 2.45) is 0 Å². The van der Waals surface area contributed by atoms with Gasteiger partial charge >= 0.3 is 0 Å². The molecule has 0 atom stereocenters. The molecule has 1 aromatic carbocycles. The fraction of sp³-hybridized carbons (Fsp3) is 0.0909. The van der Waals surface area contributed by atoms with Crippen molar-refractivity contribution in [1.82, 2.24) is 4.98 Å². The first-order valence-corrected chi connectivity index (χ1v) is 5.52. The lowest BCUT2D eigenvalue weighted by atomic mass is 10.2. The van der Waals surface area contributed by atoms with Gasteiger partial charge in [-0.3, -0.25) is 10.1 Å². The lowest BCUT2D eigenvalue weighted by Gasteiger charge is -2.03. The summed E-state index contributed by atoms with van der Waals surface area (Å²) in [6.07, 6.45) is 1.65. The van der Waals surface area contributed by atoms with Gasteiger partial charge in [0.25, 0.3) is 5.91 Å². The van der Waals surface area contributed by atoms with Crippen LogP contribution in [-0.4, -0.2) is 18.0 Å². The first-order valence-electron chi connectivity index (χ1n) is 4.64. The molecule has 16 heavy (non-hydrogen) atoms. The van der Waals surface area contributed by atoms with Crippen molar-refractivity contribution in [1.29, 1.82) is 0 Å². The molecule has 0 saturated carbocycles. The van der Waals surface area contributed by atoms with Gasteiger partial charge in [0.05, 0.1) is 7.11 Å². The van der Waals surface area contributed by atoms with Gasteiger partial charge in [0.15, 0.2) is 5.13 Å².